The van der Waals surface area contributed by atoms with Crippen molar-refractivity contribution in [2.75, 3.05) is 44.2 Å². The van der Waals surface area contributed by atoms with Crippen molar-refractivity contribution >= 4 is 84.6 Å². The van der Waals surface area contributed by atoms with Gasteiger partial charge >= 0.3 is 29.2 Å². The van der Waals surface area contributed by atoms with Crippen molar-refractivity contribution in [1.29, 1.82) is 0 Å². The van der Waals surface area contributed by atoms with E-state index < -0.39 is 90.8 Å². The summed E-state index contributed by atoms with van der Waals surface area (Å²) >= 11 is 0. The summed E-state index contributed by atoms with van der Waals surface area (Å²) in [6.45, 7) is 11.1. The number of fused-ring (bicyclic) bond motifs is 2. The lowest BCUT2D eigenvalue weighted by Gasteiger charge is -2.25. The van der Waals surface area contributed by atoms with Gasteiger partial charge in [-0.25, -0.2) is 18.5 Å². The molecule has 2 unspecified atom stereocenters. The molecule has 3 aliphatic rings. The maximum absolute atomic E-state index is 12.7. The Morgan fingerprint density at radius 2 is 1.32 bits per heavy atom. The zero-order valence-electron chi connectivity index (χ0n) is 51.4. The lowest BCUT2D eigenvalue weighted by Crippen LogP contribution is -2.33. The van der Waals surface area contributed by atoms with Crippen LogP contribution in [0, 0.1) is 0 Å². The molecule has 1 aromatic heterocycles. The first kappa shape index (κ1) is 75.1. The number of carbonyl (C=O) groups excluding carboxylic acids is 3. The van der Waals surface area contributed by atoms with Crippen molar-refractivity contribution < 1.29 is 101 Å². The molecule has 11 N–H and O–H groups in total. The van der Waals surface area contributed by atoms with Gasteiger partial charge in [0.1, 0.15) is 18.9 Å². The zero-order valence-corrected chi connectivity index (χ0v) is 55.7. The van der Waals surface area contributed by atoms with Gasteiger partial charge < -0.3 is 50.3 Å². The van der Waals surface area contributed by atoms with E-state index >= 15 is 0 Å². The smallest absolute Gasteiger partial charge is 0.390 e. The lowest BCUT2D eigenvalue weighted by molar-refractivity contribution is -0.438. The average molecular weight is 1390 g/mol. The van der Waals surface area contributed by atoms with Crippen LogP contribution in [0.25, 0.3) is 6.08 Å². The van der Waals surface area contributed by atoms with Crippen LogP contribution < -0.4 is 32.1 Å². The van der Waals surface area contributed by atoms with Crippen LogP contribution in [0.1, 0.15) is 141 Å². The number of phosphoric acid groups is 3. The number of aromatic nitrogens is 2. The van der Waals surface area contributed by atoms with Gasteiger partial charge in [-0.15, -0.1) is 0 Å². The Bertz CT molecular complexity index is 3880. The number of likely N-dealkylation sites (N-methyl/N-ethyl adjacent to an activating group) is 1. The molecule has 0 saturated carbocycles. The Hall–Kier alpha value is -5.89. The molecule has 92 heavy (non-hydrogen) atoms. The Balaban J connectivity index is 0.838. The maximum atomic E-state index is 12.7. The van der Waals surface area contributed by atoms with Gasteiger partial charge in [-0.1, -0.05) is 57.1 Å². The molecule has 35 heteroatoms. The highest BCUT2D eigenvalue weighted by Gasteiger charge is 2.46. The second kappa shape index (κ2) is 32.0. The number of anilines is 1. The first-order valence-electron chi connectivity index (χ1n) is 29.6. The van der Waals surface area contributed by atoms with E-state index in [4.69, 9.17) is 14.5 Å². The van der Waals surface area contributed by atoms with Crippen molar-refractivity contribution in [2.45, 2.75) is 157 Å². The molecule has 0 radical (unpaired) electrons. The van der Waals surface area contributed by atoms with Crippen LogP contribution in [-0.2, 0) is 77.0 Å². The fourth-order valence-corrected chi connectivity index (χ4v) is 14.9. The summed E-state index contributed by atoms with van der Waals surface area (Å²) < 4.78 is 123. The third-order valence-corrected chi connectivity index (χ3v) is 21.0. The number of hydrogen-bond acceptors (Lipinski definition) is 18. The normalized spacial score (nSPS) is 19.8. The number of aliphatic hydroxyl groups excluding tert-OH is 1. The van der Waals surface area contributed by atoms with Crippen LogP contribution in [0.2, 0.25) is 0 Å². The number of ether oxygens (including phenoxy) is 1. The van der Waals surface area contributed by atoms with E-state index in [1.807, 2.05) is 65.0 Å². The Kier molecular flexibility index (Phi) is 26.2. The molecule has 3 amide bonds. The standard InChI is InChI=1S/C57H80N7O23P3S2/c1-6-62-44-28-26-40(91(78,79)80)34-42(44)56(2,3)48(62)21-11-7-12-22-49-57(4,5)43-35-41(92(81,82)83)27-29-45(43)63(49)33-18-10-15-25-51(67)59-31-16-8-13-23-50(66)58-30-17-9-14-24-52(68)60-32-19-20-39-37-64(55(70)61-54(39)69)53-36-46(65)47(85-53)38-84-89(74,75)87-90(76,77)86-88(71,72)73/h7,11-12,19-22,26-29,34-35,37,46-47,53,65H,6,8-10,13-18,23-25,30-33,36,38H2,1-5H3,(H9-,58,59,60,61,66,67,68,69,70,71,72,73,74,75,76,77,78,79,80,81,82,83)/p+1/b20-19+/t46-,47+,53+/m0/s1. The quantitative estimate of drug-likeness (QED) is 0.0106. The number of hydrogen-bond donors (Lipinski definition) is 11. The number of phosphoric ester groups is 1. The van der Waals surface area contributed by atoms with E-state index in [1.54, 1.807) is 12.1 Å². The van der Waals surface area contributed by atoms with Crippen molar-refractivity contribution in [3.05, 3.63) is 122 Å². The molecular weight excluding hydrogens is 1310 g/mol. The summed E-state index contributed by atoms with van der Waals surface area (Å²) in [7, 11) is -25.8. The number of nitrogens with one attached hydrogen (secondary N) is 4. The number of unbranched alkanes of at least 4 members (excludes halogenated alkanes) is 6. The maximum Gasteiger partial charge on any atom is 0.490 e. The lowest BCUT2D eigenvalue weighted by atomic mass is 9.81. The Morgan fingerprint density at radius 1 is 0.739 bits per heavy atom. The molecule has 1 fully saturated rings. The number of benzene rings is 2. The fourth-order valence-electron chi connectivity index (χ4n) is 10.9. The molecule has 6 rings (SSSR count). The van der Waals surface area contributed by atoms with E-state index in [-0.39, 0.29) is 52.5 Å². The predicted octanol–water partition coefficient (Wildman–Crippen LogP) is 5.96. The van der Waals surface area contributed by atoms with Crippen LogP contribution in [0.15, 0.2) is 104 Å². The SMILES string of the molecule is CCN1C(=CC=CC=CC2=[N+](CCCCCC(=O)NCCCCCC(=O)NCCCCCC(=O)NC/C=C/c3cn([C@H]4C[C@H](O)[C@@H](COP(=O)(O)OP(=O)(O)OP(=O)(O)O)O4)c(=O)[nH]c3=O)c3ccc(S(=O)(=O)O)cc3C2(C)C)C(C)(C)c2cc(S(=O)(=O)O)ccc21. The number of nitrogens with zero attached hydrogens (tertiary/aromatic N) is 3. The summed E-state index contributed by atoms with van der Waals surface area (Å²) in [5.74, 6) is -0.447. The molecule has 3 aliphatic heterocycles. The van der Waals surface area contributed by atoms with Crippen molar-refractivity contribution in [2.24, 2.45) is 0 Å². The minimum atomic E-state index is -5.79. The third-order valence-electron chi connectivity index (χ3n) is 15.5. The molecule has 5 atom stereocenters. The van der Waals surface area contributed by atoms with Crippen molar-refractivity contribution in [3.63, 3.8) is 0 Å². The highest BCUT2D eigenvalue weighted by molar-refractivity contribution is 7.86. The number of allylic oxidation sites excluding steroid dienone is 6. The van der Waals surface area contributed by atoms with Gasteiger partial charge in [0, 0.05) is 99.0 Å². The second-order valence-electron chi connectivity index (χ2n) is 23.0. The van der Waals surface area contributed by atoms with E-state index in [1.165, 1.54) is 36.4 Å². The topological polar surface area (TPSA) is 446 Å². The zero-order chi connectivity index (χ0) is 68.0. The van der Waals surface area contributed by atoms with Crippen LogP contribution in [0.4, 0.5) is 11.4 Å². The minimum Gasteiger partial charge on any atom is -0.390 e. The van der Waals surface area contributed by atoms with Gasteiger partial charge in [-0.3, -0.25) is 42.4 Å². The monoisotopic (exact) mass is 1390 g/mol. The van der Waals surface area contributed by atoms with E-state index in [0.717, 1.165) is 63.9 Å². The average Bonchev–Trinajstić information content (AvgIpc) is 1.60. The fraction of sp³-hybridized carbons (Fsp3) is 0.509. The molecule has 0 spiro atoms. The second-order valence-corrected chi connectivity index (χ2v) is 30.3. The van der Waals surface area contributed by atoms with Crippen LogP contribution >= 0.6 is 23.5 Å². The molecule has 1 saturated heterocycles. The summed E-state index contributed by atoms with van der Waals surface area (Å²) in [6.07, 6.45) is 15.9. The first-order chi connectivity index (χ1) is 42.9. The number of amides is 3. The summed E-state index contributed by atoms with van der Waals surface area (Å²) in [6, 6.07) is 9.19. The minimum absolute atomic E-state index is 0.0150. The van der Waals surface area contributed by atoms with Crippen LogP contribution in [-0.4, -0.2) is 140 Å². The van der Waals surface area contributed by atoms with Crippen molar-refractivity contribution in [1.82, 2.24) is 25.5 Å². The van der Waals surface area contributed by atoms with Crippen LogP contribution in [0.5, 0.6) is 0 Å². The highest BCUT2D eigenvalue weighted by Crippen LogP contribution is 2.66. The number of rotatable bonds is 35. The van der Waals surface area contributed by atoms with Gasteiger partial charge in [0.15, 0.2) is 5.71 Å². The van der Waals surface area contributed by atoms with Gasteiger partial charge in [0.05, 0.1) is 33.5 Å². The third kappa shape index (κ3) is 21.3. The molecule has 2 aromatic carbocycles. The largest absolute Gasteiger partial charge is 0.490 e. The summed E-state index contributed by atoms with van der Waals surface area (Å²) in [5, 5.41) is 18.9. The Labute approximate surface area is 532 Å². The number of aromatic amines is 1. The molecule has 0 aliphatic carbocycles. The van der Waals surface area contributed by atoms with Crippen LogP contribution in [0.3, 0.4) is 0 Å². The summed E-state index contributed by atoms with van der Waals surface area (Å²) in [4.78, 5) is 103. The van der Waals surface area contributed by atoms with Gasteiger partial charge in [-0.2, -0.15) is 30.0 Å². The summed E-state index contributed by atoms with van der Waals surface area (Å²) in [5.41, 5.74) is 2.00. The molecule has 0 bridgehead atoms. The Morgan fingerprint density at radius 3 is 1.90 bits per heavy atom. The number of H-pyrrole nitrogens is 1. The number of carbonyl (C=O) groups is 3. The molecule has 3 aromatic rings. The predicted molar refractivity (Wildman–Crippen MR) is 337 cm³/mol. The van der Waals surface area contributed by atoms with Crippen molar-refractivity contribution in [3.8, 4) is 0 Å². The molecular formula is C57H81N7O23P3S2+. The van der Waals surface area contributed by atoms with Gasteiger partial charge in [0.2, 0.25) is 23.4 Å². The molecule has 30 nitrogen and oxygen atoms in total. The van der Waals surface area contributed by atoms with Gasteiger partial charge in [-0.05, 0) is 101 Å². The highest BCUT2D eigenvalue weighted by atomic mass is 32.2. The van der Waals surface area contributed by atoms with E-state index in [0.29, 0.717) is 77.5 Å². The van der Waals surface area contributed by atoms with Gasteiger partial charge in [0.25, 0.3) is 25.8 Å². The van der Waals surface area contributed by atoms with E-state index in [2.05, 4.69) is 43.6 Å². The first-order valence-corrected chi connectivity index (χ1v) is 37.0. The number of aliphatic hydroxyl groups is 1. The molecule has 508 valence electrons. The van der Waals surface area contributed by atoms with E-state index in [9.17, 15) is 78.5 Å². The molecule has 4 heterocycles.